The summed E-state index contributed by atoms with van der Waals surface area (Å²) >= 11 is 0. The Bertz CT molecular complexity index is 72.6. The third-order valence-electron chi connectivity index (χ3n) is 1.41. The van der Waals surface area contributed by atoms with E-state index < -0.39 is 0 Å². The third kappa shape index (κ3) is 2.26. The Balaban J connectivity index is 0.000000490. The van der Waals surface area contributed by atoms with Crippen molar-refractivity contribution in [3.8, 4) is 0 Å². The van der Waals surface area contributed by atoms with Gasteiger partial charge in [-0.1, -0.05) is 6.42 Å². The number of carbonyl (C=O) groups excluding carboxylic acids is 1. The van der Waals surface area contributed by atoms with Crippen LogP contribution >= 0.6 is 0 Å². The van der Waals surface area contributed by atoms with Crippen LogP contribution in [0.1, 0.15) is 32.1 Å². The van der Waals surface area contributed by atoms with Gasteiger partial charge in [0.15, 0.2) is 0 Å². The van der Waals surface area contributed by atoms with E-state index in [1.807, 2.05) is 0 Å². The quantitative estimate of drug-likeness (QED) is 0.424. The molecule has 1 aliphatic rings. The van der Waals surface area contributed by atoms with Crippen molar-refractivity contribution in [2.45, 2.75) is 32.1 Å². The van der Waals surface area contributed by atoms with E-state index in [1.54, 1.807) is 0 Å². The number of hydrogen-bond acceptors (Lipinski definition) is 1. The first-order chi connectivity index (χ1) is 3.39. The van der Waals surface area contributed by atoms with Crippen molar-refractivity contribution in [2.75, 3.05) is 0 Å². The van der Waals surface area contributed by atoms with Crippen molar-refractivity contribution >= 4 is 16.7 Å². The molecule has 0 aromatic rings. The molecule has 1 nitrogen and oxygen atoms in total. The van der Waals surface area contributed by atoms with Gasteiger partial charge in [-0.15, -0.1) is 0 Å². The zero-order valence-electron chi connectivity index (χ0n) is 4.44. The molecule has 0 atom stereocenters. The molecule has 0 bridgehead atoms. The van der Waals surface area contributed by atoms with Crippen LogP contribution in [0.15, 0.2) is 0 Å². The lowest BCUT2D eigenvalue weighted by atomic mass is 10.00. The fraction of sp³-hybridized carbons (Fsp3) is 0.833. The molecule has 0 aromatic carbocycles. The van der Waals surface area contributed by atoms with E-state index in [4.69, 9.17) is 0 Å². The lowest BCUT2D eigenvalue weighted by Crippen LogP contribution is -2.02. The van der Waals surface area contributed by atoms with Gasteiger partial charge < -0.3 is 0 Å². The van der Waals surface area contributed by atoms with E-state index in [-0.39, 0.29) is 11.0 Å². The summed E-state index contributed by atoms with van der Waals surface area (Å²) in [6.07, 6.45) is 5.24. The number of hydrogen-bond donors (Lipinski definition) is 0. The maximum absolute atomic E-state index is 10.5. The van der Waals surface area contributed by atoms with E-state index in [9.17, 15) is 4.79 Å². The molecule has 1 fully saturated rings. The summed E-state index contributed by atoms with van der Waals surface area (Å²) in [5.41, 5.74) is 0. The Morgan fingerprint density at radius 2 is 1.50 bits per heavy atom. The molecule has 0 amide bonds. The van der Waals surface area contributed by atoms with Gasteiger partial charge in [0.05, 0.1) is 0 Å². The fourth-order valence-electron chi connectivity index (χ4n) is 0.946. The average Bonchev–Trinajstić information content (AvgIpc) is 1.69. The maximum Gasteiger partial charge on any atom is 0.132 e. The minimum Gasteiger partial charge on any atom is -0.300 e. The summed E-state index contributed by atoms with van der Waals surface area (Å²) in [5, 5.41) is 0. The molecule has 0 heterocycles. The second-order valence-electron chi connectivity index (χ2n) is 2.10. The molecular formula is C6H14OSi. The van der Waals surface area contributed by atoms with Crippen molar-refractivity contribution < 1.29 is 4.79 Å². The molecule has 48 valence electrons. The molecule has 0 aromatic heterocycles. The number of carbonyl (C=O) groups is 1. The summed E-state index contributed by atoms with van der Waals surface area (Å²) in [4.78, 5) is 10.5. The summed E-state index contributed by atoms with van der Waals surface area (Å²) in [6.45, 7) is 0. The molecule has 1 aliphatic carbocycles. The van der Waals surface area contributed by atoms with Gasteiger partial charge in [0, 0.05) is 12.8 Å². The first kappa shape index (κ1) is 7.89. The Morgan fingerprint density at radius 1 is 1.00 bits per heavy atom. The molecular weight excluding hydrogens is 116 g/mol. The molecule has 0 saturated heterocycles. The van der Waals surface area contributed by atoms with E-state index in [1.165, 1.54) is 6.42 Å². The second kappa shape index (κ2) is 3.84. The summed E-state index contributed by atoms with van der Waals surface area (Å²) in [6, 6.07) is 0. The molecule has 2 heteroatoms. The van der Waals surface area contributed by atoms with Crippen LogP contribution < -0.4 is 0 Å². The van der Waals surface area contributed by atoms with Crippen LogP contribution in [-0.2, 0) is 4.79 Å². The fourth-order valence-corrected chi connectivity index (χ4v) is 0.946. The zero-order valence-corrected chi connectivity index (χ0v) is 4.44. The molecule has 0 N–H and O–H groups in total. The number of rotatable bonds is 0. The highest BCUT2D eigenvalue weighted by atomic mass is 28.1. The lowest BCUT2D eigenvalue weighted by molar-refractivity contribution is -0.120. The van der Waals surface area contributed by atoms with E-state index in [2.05, 4.69) is 0 Å². The van der Waals surface area contributed by atoms with E-state index in [0.29, 0.717) is 5.78 Å². The average molecular weight is 130 g/mol. The van der Waals surface area contributed by atoms with Crippen molar-refractivity contribution in [1.82, 2.24) is 0 Å². The predicted octanol–water partition coefficient (Wildman–Crippen LogP) is 0.0680. The number of ketones is 1. The minimum absolute atomic E-state index is 0. The summed E-state index contributed by atoms with van der Waals surface area (Å²) in [7, 11) is 0. The predicted molar refractivity (Wildman–Crippen MR) is 39.4 cm³/mol. The van der Waals surface area contributed by atoms with Gasteiger partial charge in [0.1, 0.15) is 5.78 Å². The molecule has 0 spiro atoms. The molecule has 0 aliphatic heterocycles. The maximum atomic E-state index is 10.5. The molecule has 0 radical (unpaired) electrons. The summed E-state index contributed by atoms with van der Waals surface area (Å²) in [5.74, 6) is 0.464. The van der Waals surface area contributed by atoms with E-state index >= 15 is 0 Å². The van der Waals surface area contributed by atoms with Crippen molar-refractivity contribution in [3.63, 3.8) is 0 Å². The first-order valence-corrected chi connectivity index (χ1v) is 2.91. The Hall–Kier alpha value is -0.113. The van der Waals surface area contributed by atoms with Crippen molar-refractivity contribution in [3.05, 3.63) is 0 Å². The largest absolute Gasteiger partial charge is 0.300 e. The van der Waals surface area contributed by atoms with E-state index in [0.717, 1.165) is 25.7 Å². The lowest BCUT2D eigenvalue weighted by Gasteiger charge is -2.05. The number of Topliss-reactive ketones (excluding diaryl/α,β-unsaturated/α-hetero) is 1. The van der Waals surface area contributed by atoms with Crippen molar-refractivity contribution in [2.24, 2.45) is 0 Å². The summed E-state index contributed by atoms with van der Waals surface area (Å²) < 4.78 is 0. The van der Waals surface area contributed by atoms with Crippen LogP contribution in [0.5, 0.6) is 0 Å². The Morgan fingerprint density at radius 3 is 1.75 bits per heavy atom. The van der Waals surface area contributed by atoms with Gasteiger partial charge in [-0.25, -0.2) is 0 Å². The van der Waals surface area contributed by atoms with Crippen LogP contribution in [0.3, 0.4) is 0 Å². The smallest absolute Gasteiger partial charge is 0.132 e. The molecule has 0 unspecified atom stereocenters. The van der Waals surface area contributed by atoms with Crippen molar-refractivity contribution in [1.29, 1.82) is 0 Å². The second-order valence-corrected chi connectivity index (χ2v) is 2.10. The van der Waals surface area contributed by atoms with Gasteiger partial charge in [-0.3, -0.25) is 4.79 Å². The van der Waals surface area contributed by atoms with Gasteiger partial charge in [0.2, 0.25) is 0 Å². The van der Waals surface area contributed by atoms with Gasteiger partial charge >= 0.3 is 0 Å². The van der Waals surface area contributed by atoms with Crippen LogP contribution in [0, 0.1) is 0 Å². The molecule has 1 saturated carbocycles. The van der Waals surface area contributed by atoms with Gasteiger partial charge in [0.25, 0.3) is 0 Å². The molecule has 1 rings (SSSR count). The minimum atomic E-state index is 0. The van der Waals surface area contributed by atoms with Gasteiger partial charge in [-0.05, 0) is 23.8 Å². The topological polar surface area (TPSA) is 17.1 Å². The van der Waals surface area contributed by atoms with Gasteiger partial charge in [-0.2, -0.15) is 0 Å². The monoisotopic (exact) mass is 130 g/mol. The highest BCUT2D eigenvalue weighted by molar-refractivity contribution is 5.78. The highest BCUT2D eigenvalue weighted by Crippen LogP contribution is 2.12. The SMILES string of the molecule is O=C1CCCCC1.[SiH4]. The Kier molecular flexibility index (Phi) is 3.78. The van der Waals surface area contributed by atoms with Crippen LogP contribution in [-0.4, -0.2) is 16.7 Å². The van der Waals surface area contributed by atoms with Crippen LogP contribution in [0.25, 0.3) is 0 Å². The zero-order chi connectivity index (χ0) is 5.11. The van der Waals surface area contributed by atoms with Crippen LogP contribution in [0.2, 0.25) is 0 Å². The normalized spacial score (nSPS) is 19.8. The highest BCUT2D eigenvalue weighted by Gasteiger charge is 2.05. The standard InChI is InChI=1S/C6H10O.H4Si/c7-6-4-2-1-3-5-6;/h1-5H2;1H4. The first-order valence-electron chi connectivity index (χ1n) is 2.91. The third-order valence-corrected chi connectivity index (χ3v) is 1.41. The Labute approximate surface area is 54.5 Å². The van der Waals surface area contributed by atoms with Crippen LogP contribution in [0.4, 0.5) is 0 Å². The molecule has 8 heavy (non-hydrogen) atoms.